The highest BCUT2D eigenvalue weighted by atomic mass is 16.3. The lowest BCUT2D eigenvalue weighted by Crippen LogP contribution is -2.26. The molecule has 104 valence electrons. The van der Waals surface area contributed by atoms with Crippen LogP contribution in [0.25, 0.3) is 0 Å². The van der Waals surface area contributed by atoms with Gasteiger partial charge in [-0.2, -0.15) is 5.10 Å². The van der Waals surface area contributed by atoms with Gasteiger partial charge in [-0.05, 0) is 32.0 Å². The van der Waals surface area contributed by atoms with E-state index in [0.717, 1.165) is 31.7 Å². The van der Waals surface area contributed by atoms with Crippen LogP contribution in [0.4, 0.5) is 0 Å². The Balaban J connectivity index is 2.35. The lowest BCUT2D eigenvalue weighted by atomic mass is 10.0. The third-order valence-electron chi connectivity index (χ3n) is 3.36. The van der Waals surface area contributed by atoms with Gasteiger partial charge in [0.15, 0.2) is 0 Å². The quantitative estimate of drug-likeness (QED) is 0.832. The van der Waals surface area contributed by atoms with Gasteiger partial charge in [-0.1, -0.05) is 13.8 Å². The molecule has 0 fully saturated rings. The van der Waals surface area contributed by atoms with Crippen LogP contribution in [0.15, 0.2) is 29.0 Å². The van der Waals surface area contributed by atoms with Gasteiger partial charge in [0.1, 0.15) is 5.76 Å². The van der Waals surface area contributed by atoms with Crippen molar-refractivity contribution in [3.63, 3.8) is 0 Å². The largest absolute Gasteiger partial charge is 0.469 e. The molecule has 0 radical (unpaired) electrons. The smallest absolute Gasteiger partial charge is 0.108 e. The number of furan rings is 1. The molecule has 2 aromatic rings. The molecule has 0 saturated carbocycles. The number of nitrogens with one attached hydrogen (secondary N) is 1. The molecule has 0 amide bonds. The molecule has 0 spiro atoms. The summed E-state index contributed by atoms with van der Waals surface area (Å²) in [6.45, 7) is 8.27. The predicted octanol–water partition coefficient (Wildman–Crippen LogP) is 3.15. The van der Waals surface area contributed by atoms with Gasteiger partial charge in [0.25, 0.3) is 0 Å². The second-order valence-electron chi connectivity index (χ2n) is 4.61. The zero-order valence-electron chi connectivity index (χ0n) is 12.0. The molecule has 0 saturated heterocycles. The maximum absolute atomic E-state index is 5.58. The first-order valence-electron chi connectivity index (χ1n) is 7.13. The van der Waals surface area contributed by atoms with Crippen molar-refractivity contribution in [1.29, 1.82) is 0 Å². The minimum Gasteiger partial charge on any atom is -0.469 e. The van der Waals surface area contributed by atoms with Crippen LogP contribution in [0.5, 0.6) is 0 Å². The number of aryl methyl sites for hydroxylation is 2. The second kappa shape index (κ2) is 6.57. The Morgan fingerprint density at radius 1 is 1.32 bits per heavy atom. The summed E-state index contributed by atoms with van der Waals surface area (Å²) in [6, 6.07) is 4.32. The van der Waals surface area contributed by atoms with Gasteiger partial charge in [-0.25, -0.2) is 0 Å². The van der Waals surface area contributed by atoms with E-state index in [1.807, 2.05) is 10.9 Å². The highest BCUT2D eigenvalue weighted by molar-refractivity contribution is 5.29. The Kier molecular flexibility index (Phi) is 4.80. The van der Waals surface area contributed by atoms with Crippen LogP contribution in [0.1, 0.15) is 50.3 Å². The number of rotatable bonds is 7. The van der Waals surface area contributed by atoms with Crippen molar-refractivity contribution in [3.05, 3.63) is 41.6 Å². The summed E-state index contributed by atoms with van der Waals surface area (Å²) in [5, 5.41) is 7.98. The van der Waals surface area contributed by atoms with Crippen molar-refractivity contribution < 1.29 is 4.42 Å². The average Bonchev–Trinajstić information content (AvgIpc) is 3.07. The molecule has 1 N–H and O–H groups in total. The van der Waals surface area contributed by atoms with E-state index >= 15 is 0 Å². The highest BCUT2D eigenvalue weighted by Gasteiger charge is 2.21. The molecule has 19 heavy (non-hydrogen) atoms. The maximum atomic E-state index is 5.58. The minimum absolute atomic E-state index is 0.163. The fourth-order valence-electron chi connectivity index (χ4n) is 2.41. The fourth-order valence-corrected chi connectivity index (χ4v) is 2.41. The molecule has 0 bridgehead atoms. The molecule has 0 aliphatic heterocycles. The molecule has 0 aromatic carbocycles. The monoisotopic (exact) mass is 261 g/mol. The molecule has 4 heteroatoms. The number of hydrogen-bond acceptors (Lipinski definition) is 3. The molecule has 1 atom stereocenters. The Hall–Kier alpha value is -1.55. The van der Waals surface area contributed by atoms with Gasteiger partial charge < -0.3 is 9.73 Å². The predicted molar refractivity (Wildman–Crippen MR) is 76.1 cm³/mol. The van der Waals surface area contributed by atoms with Crippen molar-refractivity contribution in [3.8, 4) is 0 Å². The van der Waals surface area contributed by atoms with Crippen LogP contribution >= 0.6 is 0 Å². The Bertz CT molecular complexity index is 459. The molecule has 4 nitrogen and oxygen atoms in total. The first kappa shape index (κ1) is 13.9. The normalized spacial score (nSPS) is 12.8. The van der Waals surface area contributed by atoms with Crippen molar-refractivity contribution >= 4 is 0 Å². The third-order valence-corrected chi connectivity index (χ3v) is 3.36. The lowest BCUT2D eigenvalue weighted by molar-refractivity contribution is 0.488. The second-order valence-corrected chi connectivity index (χ2v) is 4.61. The SMILES string of the molecule is CCCNC(c1ccoc1CC)c1ccnn1CC. The van der Waals surface area contributed by atoms with Crippen LogP contribution in [0.3, 0.4) is 0 Å². The van der Waals surface area contributed by atoms with Crippen molar-refractivity contribution in [2.75, 3.05) is 6.54 Å². The van der Waals surface area contributed by atoms with E-state index in [9.17, 15) is 0 Å². The number of aromatic nitrogens is 2. The molecule has 2 heterocycles. The Morgan fingerprint density at radius 2 is 2.16 bits per heavy atom. The maximum Gasteiger partial charge on any atom is 0.108 e. The van der Waals surface area contributed by atoms with Crippen molar-refractivity contribution in [2.24, 2.45) is 0 Å². The lowest BCUT2D eigenvalue weighted by Gasteiger charge is -2.19. The Morgan fingerprint density at radius 3 is 2.84 bits per heavy atom. The summed E-state index contributed by atoms with van der Waals surface area (Å²) < 4.78 is 7.62. The van der Waals surface area contributed by atoms with Gasteiger partial charge in [0.05, 0.1) is 18.0 Å². The van der Waals surface area contributed by atoms with Crippen molar-refractivity contribution in [2.45, 2.75) is 46.2 Å². The topological polar surface area (TPSA) is 43.0 Å². The van der Waals surface area contributed by atoms with Crippen LogP contribution in [-0.2, 0) is 13.0 Å². The summed E-state index contributed by atoms with van der Waals surface area (Å²) in [7, 11) is 0. The van der Waals surface area contributed by atoms with Gasteiger partial charge >= 0.3 is 0 Å². The van der Waals surface area contributed by atoms with E-state index in [2.05, 4.69) is 43.3 Å². The van der Waals surface area contributed by atoms with E-state index in [1.54, 1.807) is 6.26 Å². The highest BCUT2D eigenvalue weighted by Crippen LogP contribution is 2.26. The summed E-state index contributed by atoms with van der Waals surface area (Å²) in [5.74, 6) is 1.05. The van der Waals surface area contributed by atoms with Crippen LogP contribution in [0, 0.1) is 0 Å². The van der Waals surface area contributed by atoms with Gasteiger partial charge in [0, 0.05) is 24.7 Å². The fraction of sp³-hybridized carbons (Fsp3) is 0.533. The average molecular weight is 261 g/mol. The molecule has 2 aromatic heterocycles. The Labute approximate surface area is 114 Å². The van der Waals surface area contributed by atoms with Crippen LogP contribution in [-0.4, -0.2) is 16.3 Å². The van der Waals surface area contributed by atoms with Crippen LogP contribution < -0.4 is 5.32 Å². The van der Waals surface area contributed by atoms with E-state index in [1.165, 1.54) is 11.3 Å². The van der Waals surface area contributed by atoms with Gasteiger partial charge in [-0.15, -0.1) is 0 Å². The number of hydrogen-bond donors (Lipinski definition) is 1. The van der Waals surface area contributed by atoms with Gasteiger partial charge in [-0.3, -0.25) is 4.68 Å². The minimum atomic E-state index is 0.163. The number of nitrogens with zero attached hydrogens (tertiary/aromatic N) is 2. The first-order valence-corrected chi connectivity index (χ1v) is 7.13. The summed E-state index contributed by atoms with van der Waals surface area (Å²) >= 11 is 0. The summed E-state index contributed by atoms with van der Waals surface area (Å²) in [4.78, 5) is 0. The third kappa shape index (κ3) is 2.89. The van der Waals surface area contributed by atoms with E-state index in [0.29, 0.717) is 0 Å². The summed E-state index contributed by atoms with van der Waals surface area (Å²) in [5.41, 5.74) is 2.43. The zero-order valence-corrected chi connectivity index (χ0v) is 12.0. The van der Waals surface area contributed by atoms with Crippen molar-refractivity contribution in [1.82, 2.24) is 15.1 Å². The van der Waals surface area contributed by atoms with Gasteiger partial charge in [0.2, 0.25) is 0 Å². The van der Waals surface area contributed by atoms with Crippen LogP contribution in [0.2, 0.25) is 0 Å². The van der Waals surface area contributed by atoms with E-state index < -0.39 is 0 Å². The molecule has 0 aliphatic rings. The van der Waals surface area contributed by atoms with E-state index in [4.69, 9.17) is 4.42 Å². The molecule has 2 rings (SSSR count). The molecular weight excluding hydrogens is 238 g/mol. The molecule has 1 unspecified atom stereocenters. The zero-order chi connectivity index (χ0) is 13.7. The molecule has 0 aliphatic carbocycles. The first-order chi connectivity index (χ1) is 9.31. The van der Waals surface area contributed by atoms with E-state index in [-0.39, 0.29) is 6.04 Å². The summed E-state index contributed by atoms with van der Waals surface area (Å²) in [6.07, 6.45) is 5.66. The molecular formula is C15H23N3O. The standard InChI is InChI=1S/C15H23N3O/c1-4-9-16-15(12-8-11-19-14(12)5-2)13-7-10-17-18(13)6-3/h7-8,10-11,15-16H,4-6,9H2,1-3H3.